The van der Waals surface area contributed by atoms with Gasteiger partial charge in [0.05, 0.1) is 19.8 Å². The molecule has 1 unspecified atom stereocenters. The summed E-state index contributed by atoms with van der Waals surface area (Å²) in [6.07, 6.45) is 0. The molecule has 1 fully saturated rings. The molecule has 0 aromatic rings. The molecule has 0 aromatic carbocycles. The molecule has 0 aromatic heterocycles. The van der Waals surface area contributed by atoms with E-state index in [4.69, 9.17) is 9.47 Å². The molecule has 1 aliphatic heterocycles. The van der Waals surface area contributed by atoms with Gasteiger partial charge < -0.3 is 14.8 Å². The molecule has 1 aliphatic rings. The van der Waals surface area contributed by atoms with Gasteiger partial charge in [0.2, 0.25) is 0 Å². The second-order valence-corrected chi connectivity index (χ2v) is 3.32. The minimum Gasteiger partial charge on any atom is -0.383 e. The first-order valence-corrected chi connectivity index (χ1v) is 4.83. The fourth-order valence-corrected chi connectivity index (χ4v) is 1.62. The minimum absolute atomic E-state index is 0.508. The third-order valence-electron chi connectivity index (χ3n) is 2.37. The molecule has 1 saturated heterocycles. The minimum atomic E-state index is 0.508. The lowest BCUT2D eigenvalue weighted by Crippen LogP contribution is -2.50. The Morgan fingerprint density at radius 2 is 2.46 bits per heavy atom. The van der Waals surface area contributed by atoms with Gasteiger partial charge in [-0.2, -0.15) is 0 Å². The fraction of sp³-hybridized carbons (Fsp3) is 1.00. The van der Waals surface area contributed by atoms with Gasteiger partial charge in [0.1, 0.15) is 0 Å². The summed E-state index contributed by atoms with van der Waals surface area (Å²) in [5.41, 5.74) is 0. The Morgan fingerprint density at radius 3 is 3.15 bits per heavy atom. The van der Waals surface area contributed by atoms with Crippen molar-refractivity contribution in [3.63, 3.8) is 0 Å². The molecule has 13 heavy (non-hydrogen) atoms. The topological polar surface area (TPSA) is 33.7 Å². The summed E-state index contributed by atoms with van der Waals surface area (Å²) in [6, 6.07) is 0.508. The van der Waals surface area contributed by atoms with Gasteiger partial charge >= 0.3 is 0 Å². The third kappa shape index (κ3) is 3.60. The highest BCUT2D eigenvalue weighted by molar-refractivity contribution is 4.76. The van der Waals surface area contributed by atoms with Crippen LogP contribution in [0.15, 0.2) is 0 Å². The lowest BCUT2D eigenvalue weighted by atomic mass is 10.2. The number of likely N-dealkylation sites (N-methyl/N-ethyl adjacent to an activating group) is 1. The van der Waals surface area contributed by atoms with Crippen molar-refractivity contribution in [3.05, 3.63) is 0 Å². The van der Waals surface area contributed by atoms with Gasteiger partial charge in [-0.3, -0.25) is 4.90 Å². The highest BCUT2D eigenvalue weighted by Crippen LogP contribution is 2.05. The third-order valence-corrected chi connectivity index (χ3v) is 2.37. The first-order chi connectivity index (χ1) is 6.38. The van der Waals surface area contributed by atoms with Crippen molar-refractivity contribution in [2.75, 3.05) is 53.6 Å². The summed E-state index contributed by atoms with van der Waals surface area (Å²) in [7, 11) is 3.72. The van der Waals surface area contributed by atoms with E-state index in [1.807, 2.05) is 7.05 Å². The van der Waals surface area contributed by atoms with Crippen molar-refractivity contribution in [3.8, 4) is 0 Å². The zero-order chi connectivity index (χ0) is 9.52. The highest BCUT2D eigenvalue weighted by atomic mass is 16.5. The molecule has 0 amide bonds. The van der Waals surface area contributed by atoms with Crippen LogP contribution >= 0.6 is 0 Å². The smallest absolute Gasteiger partial charge is 0.0634 e. The van der Waals surface area contributed by atoms with Crippen LogP contribution in [-0.4, -0.2) is 64.6 Å². The van der Waals surface area contributed by atoms with Crippen LogP contribution in [0, 0.1) is 0 Å². The van der Waals surface area contributed by atoms with E-state index in [2.05, 4.69) is 10.2 Å². The number of ether oxygens (including phenoxy) is 2. The molecule has 4 nitrogen and oxygen atoms in total. The summed E-state index contributed by atoms with van der Waals surface area (Å²) in [5.74, 6) is 0. The van der Waals surface area contributed by atoms with Gasteiger partial charge in [-0.05, 0) is 7.05 Å². The molecular formula is C9H20N2O2. The predicted octanol–water partition coefficient (Wildman–Crippen LogP) is -0.447. The standard InChI is InChI=1S/C9H20N2O2/c1-10-7-9-8-13-6-4-11(9)3-5-12-2/h9-10H,3-8H2,1-2H3. The monoisotopic (exact) mass is 188 g/mol. The molecule has 1 heterocycles. The Balaban J connectivity index is 2.28. The van der Waals surface area contributed by atoms with Crippen molar-refractivity contribution < 1.29 is 9.47 Å². The van der Waals surface area contributed by atoms with Crippen LogP contribution in [0.5, 0.6) is 0 Å². The summed E-state index contributed by atoms with van der Waals surface area (Å²) in [5, 5.41) is 3.18. The van der Waals surface area contributed by atoms with E-state index in [9.17, 15) is 0 Å². The van der Waals surface area contributed by atoms with Crippen molar-refractivity contribution in [2.24, 2.45) is 0 Å². The molecule has 1 atom stereocenters. The lowest BCUT2D eigenvalue weighted by Gasteiger charge is -2.35. The van der Waals surface area contributed by atoms with E-state index in [1.165, 1.54) is 0 Å². The highest BCUT2D eigenvalue weighted by Gasteiger charge is 2.21. The number of nitrogens with one attached hydrogen (secondary N) is 1. The fourth-order valence-electron chi connectivity index (χ4n) is 1.62. The maximum atomic E-state index is 5.42. The summed E-state index contributed by atoms with van der Waals surface area (Å²) >= 11 is 0. The molecule has 78 valence electrons. The van der Waals surface area contributed by atoms with E-state index in [-0.39, 0.29) is 0 Å². The number of methoxy groups -OCH3 is 1. The first-order valence-electron chi connectivity index (χ1n) is 4.83. The van der Waals surface area contributed by atoms with E-state index in [0.29, 0.717) is 6.04 Å². The molecule has 0 bridgehead atoms. The maximum absolute atomic E-state index is 5.42. The predicted molar refractivity (Wildman–Crippen MR) is 52.0 cm³/mol. The van der Waals surface area contributed by atoms with Crippen molar-refractivity contribution in [1.29, 1.82) is 0 Å². The van der Waals surface area contributed by atoms with Crippen LogP contribution in [0.3, 0.4) is 0 Å². The maximum Gasteiger partial charge on any atom is 0.0634 e. The number of nitrogens with zero attached hydrogens (tertiary/aromatic N) is 1. The van der Waals surface area contributed by atoms with Gasteiger partial charge in [0.15, 0.2) is 0 Å². The Kier molecular flexibility index (Phi) is 5.31. The van der Waals surface area contributed by atoms with Crippen LogP contribution in [0.1, 0.15) is 0 Å². The van der Waals surface area contributed by atoms with Crippen molar-refractivity contribution >= 4 is 0 Å². The quantitative estimate of drug-likeness (QED) is 0.634. The van der Waals surface area contributed by atoms with Gasteiger partial charge in [0.25, 0.3) is 0 Å². The molecule has 4 heteroatoms. The Morgan fingerprint density at radius 1 is 1.62 bits per heavy atom. The van der Waals surface area contributed by atoms with Gasteiger partial charge in [0, 0.05) is 32.8 Å². The van der Waals surface area contributed by atoms with E-state index >= 15 is 0 Å². The average molecular weight is 188 g/mol. The number of morpholine rings is 1. The average Bonchev–Trinajstić information content (AvgIpc) is 2.17. The van der Waals surface area contributed by atoms with Crippen LogP contribution in [0.4, 0.5) is 0 Å². The lowest BCUT2D eigenvalue weighted by molar-refractivity contribution is -0.0153. The molecule has 1 N–H and O–H groups in total. The molecular weight excluding hydrogens is 168 g/mol. The molecule has 0 spiro atoms. The van der Waals surface area contributed by atoms with Crippen LogP contribution in [-0.2, 0) is 9.47 Å². The Bertz CT molecular complexity index is 131. The number of rotatable bonds is 5. The van der Waals surface area contributed by atoms with E-state index in [0.717, 1.165) is 39.5 Å². The van der Waals surface area contributed by atoms with Crippen molar-refractivity contribution in [1.82, 2.24) is 10.2 Å². The van der Waals surface area contributed by atoms with Gasteiger partial charge in [-0.15, -0.1) is 0 Å². The Labute approximate surface area is 80.2 Å². The van der Waals surface area contributed by atoms with Crippen LogP contribution in [0.25, 0.3) is 0 Å². The van der Waals surface area contributed by atoms with E-state index < -0.39 is 0 Å². The zero-order valence-corrected chi connectivity index (χ0v) is 8.58. The summed E-state index contributed by atoms with van der Waals surface area (Å²) in [6.45, 7) is 5.51. The first kappa shape index (κ1) is 10.9. The summed E-state index contributed by atoms with van der Waals surface area (Å²) in [4.78, 5) is 2.42. The normalized spacial score (nSPS) is 24.9. The van der Waals surface area contributed by atoms with Crippen LogP contribution < -0.4 is 5.32 Å². The molecule has 0 radical (unpaired) electrons. The largest absolute Gasteiger partial charge is 0.383 e. The van der Waals surface area contributed by atoms with E-state index in [1.54, 1.807) is 7.11 Å². The number of hydrogen-bond acceptors (Lipinski definition) is 4. The van der Waals surface area contributed by atoms with Gasteiger partial charge in [-0.25, -0.2) is 0 Å². The SMILES string of the molecule is CNCC1COCCN1CCOC. The zero-order valence-electron chi connectivity index (χ0n) is 8.58. The Hall–Kier alpha value is -0.160. The van der Waals surface area contributed by atoms with Crippen LogP contribution in [0.2, 0.25) is 0 Å². The molecule has 1 rings (SSSR count). The van der Waals surface area contributed by atoms with Crippen molar-refractivity contribution in [2.45, 2.75) is 6.04 Å². The number of hydrogen-bond donors (Lipinski definition) is 1. The molecule has 0 saturated carbocycles. The summed E-state index contributed by atoms with van der Waals surface area (Å²) < 4.78 is 10.5. The molecule has 0 aliphatic carbocycles. The second kappa shape index (κ2) is 6.32. The van der Waals surface area contributed by atoms with Gasteiger partial charge in [-0.1, -0.05) is 0 Å². The second-order valence-electron chi connectivity index (χ2n) is 3.32.